The maximum atomic E-state index is 5.23. The van der Waals surface area contributed by atoms with Crippen LogP contribution in [-0.2, 0) is 9.47 Å². The van der Waals surface area contributed by atoms with Gasteiger partial charge in [0.1, 0.15) is 0 Å². The van der Waals surface area contributed by atoms with Crippen molar-refractivity contribution in [2.45, 2.75) is 6.92 Å². The molecule has 1 aliphatic heterocycles. The Labute approximate surface area is 92.1 Å². The van der Waals surface area contributed by atoms with E-state index in [9.17, 15) is 0 Å². The molecule has 0 bridgehead atoms. The molecular weight excluding hydrogens is 226 g/mol. The molecule has 1 heterocycles. The first-order valence-electron chi connectivity index (χ1n) is 4.17. The largest absolute Gasteiger partial charge is 0.478 e. The number of ether oxygens (including phenoxy) is 2. The van der Waals surface area contributed by atoms with Crippen LogP contribution in [0, 0.1) is 0 Å². The van der Waals surface area contributed by atoms with E-state index in [1.54, 1.807) is 11.0 Å². The number of thiocarbonyl (C=S) groups is 1. The van der Waals surface area contributed by atoms with Gasteiger partial charge in [0.05, 0.1) is 19.8 Å². The number of hydrogen-bond acceptors (Lipinski definition) is 6. The van der Waals surface area contributed by atoms with Gasteiger partial charge in [0.2, 0.25) is 4.38 Å². The summed E-state index contributed by atoms with van der Waals surface area (Å²) < 4.78 is 13.2. The quantitative estimate of drug-likeness (QED) is 0.423. The fraction of sp³-hybridized carbons (Fsp3) is 0.857. The van der Waals surface area contributed by atoms with E-state index >= 15 is 0 Å². The fourth-order valence-electron chi connectivity index (χ4n) is 0.846. The number of morpholine rings is 1. The predicted octanol–water partition coefficient (Wildman–Crippen LogP) is 1.94. The van der Waals surface area contributed by atoms with Gasteiger partial charge in [-0.1, -0.05) is 0 Å². The second-order valence-corrected chi connectivity index (χ2v) is 5.16. The lowest BCUT2D eigenvalue weighted by molar-refractivity contribution is 0.0779. The highest BCUT2D eigenvalue weighted by molar-refractivity contribution is 8.82. The predicted molar refractivity (Wildman–Crippen MR) is 61.8 cm³/mol. The lowest BCUT2D eigenvalue weighted by Crippen LogP contribution is -2.30. The molecule has 0 aromatic rings. The molecule has 13 heavy (non-hydrogen) atoms. The Balaban J connectivity index is 2.06. The molecule has 0 amide bonds. The third-order valence-electron chi connectivity index (χ3n) is 1.44. The second-order valence-electron chi connectivity index (χ2n) is 2.38. The minimum atomic E-state index is 0.610. The van der Waals surface area contributed by atoms with Crippen molar-refractivity contribution in [3.05, 3.63) is 0 Å². The average Bonchev–Trinajstić information content (AvgIpc) is 2.17. The van der Waals surface area contributed by atoms with Crippen molar-refractivity contribution in [3.8, 4) is 0 Å². The standard InChI is InChI=1S/C7H13NO2S3/c1-2-10-7(11)12-13-8-3-5-9-6-4-8/h2-6H2,1H3. The van der Waals surface area contributed by atoms with Crippen molar-refractivity contribution in [2.75, 3.05) is 32.9 Å². The zero-order valence-electron chi connectivity index (χ0n) is 7.52. The topological polar surface area (TPSA) is 21.7 Å². The fourth-order valence-corrected chi connectivity index (χ4v) is 2.96. The summed E-state index contributed by atoms with van der Waals surface area (Å²) in [6, 6.07) is 0. The van der Waals surface area contributed by atoms with Gasteiger partial charge in [0.25, 0.3) is 0 Å². The van der Waals surface area contributed by atoms with Crippen LogP contribution in [0.3, 0.4) is 0 Å². The van der Waals surface area contributed by atoms with Gasteiger partial charge in [-0.15, -0.1) is 0 Å². The van der Waals surface area contributed by atoms with Crippen molar-refractivity contribution in [2.24, 2.45) is 0 Å². The first-order valence-corrected chi connectivity index (χ1v) is 6.68. The summed E-state index contributed by atoms with van der Waals surface area (Å²) in [5, 5.41) is 0. The van der Waals surface area contributed by atoms with E-state index in [1.807, 2.05) is 6.92 Å². The van der Waals surface area contributed by atoms with Crippen LogP contribution in [0.1, 0.15) is 6.92 Å². The molecule has 0 aromatic heterocycles. The zero-order chi connectivity index (χ0) is 9.52. The lowest BCUT2D eigenvalue weighted by atomic mass is 10.5. The SMILES string of the molecule is CCOC(=S)SSN1CCOCC1. The molecule has 0 atom stereocenters. The Morgan fingerprint density at radius 3 is 2.85 bits per heavy atom. The van der Waals surface area contributed by atoms with Gasteiger partial charge in [-0.2, -0.15) is 0 Å². The van der Waals surface area contributed by atoms with Crippen LogP contribution in [0.4, 0.5) is 0 Å². The second kappa shape index (κ2) is 6.89. The highest BCUT2D eigenvalue weighted by Gasteiger charge is 2.12. The van der Waals surface area contributed by atoms with Gasteiger partial charge in [0, 0.05) is 34.9 Å². The number of rotatable bonds is 3. The minimum Gasteiger partial charge on any atom is -0.478 e. The van der Waals surface area contributed by atoms with E-state index < -0.39 is 0 Å². The molecule has 76 valence electrons. The zero-order valence-corrected chi connectivity index (χ0v) is 9.97. The van der Waals surface area contributed by atoms with Crippen molar-refractivity contribution in [1.29, 1.82) is 0 Å². The summed E-state index contributed by atoms with van der Waals surface area (Å²) in [5.74, 6) is 0. The maximum Gasteiger partial charge on any atom is 0.232 e. The number of hydrogen-bond donors (Lipinski definition) is 0. The van der Waals surface area contributed by atoms with Gasteiger partial charge >= 0.3 is 0 Å². The Morgan fingerprint density at radius 2 is 2.23 bits per heavy atom. The summed E-state index contributed by atoms with van der Waals surface area (Å²) in [6.07, 6.45) is 0. The Bertz CT molecular complexity index is 162. The maximum absolute atomic E-state index is 5.23. The molecule has 0 saturated carbocycles. The Morgan fingerprint density at radius 1 is 1.54 bits per heavy atom. The molecule has 0 N–H and O–H groups in total. The molecule has 1 aliphatic rings. The van der Waals surface area contributed by atoms with Crippen LogP contribution in [0.5, 0.6) is 0 Å². The van der Waals surface area contributed by atoms with E-state index in [2.05, 4.69) is 4.31 Å². The van der Waals surface area contributed by atoms with Crippen molar-refractivity contribution >= 4 is 38.4 Å². The van der Waals surface area contributed by atoms with Crippen molar-refractivity contribution < 1.29 is 9.47 Å². The molecule has 0 aromatic carbocycles. The van der Waals surface area contributed by atoms with Gasteiger partial charge in [-0.25, -0.2) is 4.31 Å². The molecular formula is C7H13NO2S3. The molecule has 1 rings (SSSR count). The van der Waals surface area contributed by atoms with Crippen molar-refractivity contribution in [3.63, 3.8) is 0 Å². The molecule has 3 nitrogen and oxygen atoms in total. The summed E-state index contributed by atoms with van der Waals surface area (Å²) in [5.41, 5.74) is 0. The molecule has 0 spiro atoms. The Hall–Kier alpha value is 0.510. The third kappa shape index (κ3) is 5.07. The van der Waals surface area contributed by atoms with Gasteiger partial charge in [-0.3, -0.25) is 0 Å². The highest BCUT2D eigenvalue weighted by Crippen LogP contribution is 2.28. The van der Waals surface area contributed by atoms with E-state index in [4.69, 9.17) is 21.7 Å². The minimum absolute atomic E-state index is 0.610. The summed E-state index contributed by atoms with van der Waals surface area (Å²) in [7, 11) is 3.15. The van der Waals surface area contributed by atoms with Crippen LogP contribution in [0.15, 0.2) is 0 Å². The van der Waals surface area contributed by atoms with E-state index in [0.29, 0.717) is 11.0 Å². The van der Waals surface area contributed by atoms with E-state index in [1.165, 1.54) is 10.8 Å². The average molecular weight is 239 g/mol. The van der Waals surface area contributed by atoms with E-state index in [-0.39, 0.29) is 0 Å². The molecule has 0 radical (unpaired) electrons. The smallest absolute Gasteiger partial charge is 0.232 e. The lowest BCUT2D eigenvalue weighted by Gasteiger charge is -2.24. The number of nitrogens with zero attached hydrogens (tertiary/aromatic N) is 1. The molecule has 0 unspecified atom stereocenters. The third-order valence-corrected chi connectivity index (χ3v) is 4.34. The summed E-state index contributed by atoms with van der Waals surface area (Å²) in [4.78, 5) is 0. The van der Waals surface area contributed by atoms with E-state index in [0.717, 1.165) is 26.3 Å². The molecule has 0 aliphatic carbocycles. The normalized spacial score (nSPS) is 18.5. The molecule has 1 saturated heterocycles. The summed E-state index contributed by atoms with van der Waals surface area (Å²) in [6.45, 7) is 6.14. The van der Waals surface area contributed by atoms with Gasteiger partial charge in [0.15, 0.2) is 0 Å². The first-order chi connectivity index (χ1) is 6.33. The van der Waals surface area contributed by atoms with Crippen LogP contribution in [0.25, 0.3) is 0 Å². The highest BCUT2D eigenvalue weighted by atomic mass is 33.1. The van der Waals surface area contributed by atoms with Gasteiger partial charge in [-0.05, 0) is 19.1 Å². The van der Waals surface area contributed by atoms with Crippen LogP contribution >= 0.6 is 34.0 Å². The first kappa shape index (κ1) is 11.6. The van der Waals surface area contributed by atoms with Crippen LogP contribution in [0.2, 0.25) is 0 Å². The van der Waals surface area contributed by atoms with Crippen LogP contribution < -0.4 is 0 Å². The monoisotopic (exact) mass is 239 g/mol. The molecule has 6 heteroatoms. The summed E-state index contributed by atoms with van der Waals surface area (Å²) >= 11 is 4.98. The van der Waals surface area contributed by atoms with Crippen molar-refractivity contribution in [1.82, 2.24) is 4.31 Å². The van der Waals surface area contributed by atoms with Crippen LogP contribution in [-0.4, -0.2) is 41.6 Å². The Kier molecular flexibility index (Phi) is 6.14. The molecule has 1 fully saturated rings. The van der Waals surface area contributed by atoms with Gasteiger partial charge < -0.3 is 9.47 Å².